The summed E-state index contributed by atoms with van der Waals surface area (Å²) < 4.78 is 5.01. The van der Waals surface area contributed by atoms with Gasteiger partial charge in [-0.3, -0.25) is 4.79 Å². The maximum Gasteiger partial charge on any atom is 0.332 e. The molecule has 0 aromatic heterocycles. The van der Waals surface area contributed by atoms with E-state index >= 15 is 0 Å². The summed E-state index contributed by atoms with van der Waals surface area (Å²) >= 11 is 0. The van der Waals surface area contributed by atoms with Gasteiger partial charge in [-0.1, -0.05) is 0 Å². The van der Waals surface area contributed by atoms with Gasteiger partial charge in [-0.25, -0.2) is 9.59 Å². The minimum Gasteiger partial charge on any atom is -0.479 e. The Labute approximate surface area is 110 Å². The molecule has 1 fully saturated rings. The van der Waals surface area contributed by atoms with E-state index < -0.39 is 23.6 Å². The van der Waals surface area contributed by atoms with Crippen molar-refractivity contribution < 1.29 is 24.2 Å². The van der Waals surface area contributed by atoms with Gasteiger partial charge in [-0.05, 0) is 13.8 Å². The Morgan fingerprint density at radius 1 is 1.42 bits per heavy atom. The van der Waals surface area contributed by atoms with Gasteiger partial charge in [-0.15, -0.1) is 0 Å². The Balaban J connectivity index is 2.54. The van der Waals surface area contributed by atoms with Crippen molar-refractivity contribution in [3.8, 4) is 0 Å². The topological polar surface area (TPSA) is 117 Å². The van der Waals surface area contributed by atoms with Crippen molar-refractivity contribution in [1.29, 1.82) is 0 Å². The summed E-state index contributed by atoms with van der Waals surface area (Å²) in [5.74, 6) is -1.48. The molecule has 8 heteroatoms. The summed E-state index contributed by atoms with van der Waals surface area (Å²) in [6.07, 6.45) is 0.200. The van der Waals surface area contributed by atoms with E-state index in [4.69, 9.17) is 9.84 Å². The summed E-state index contributed by atoms with van der Waals surface area (Å²) in [7, 11) is 0. The molecule has 4 N–H and O–H groups in total. The zero-order chi connectivity index (χ0) is 14.5. The van der Waals surface area contributed by atoms with Crippen LogP contribution >= 0.6 is 0 Å². The van der Waals surface area contributed by atoms with E-state index in [1.807, 2.05) is 0 Å². The number of urea groups is 1. The van der Waals surface area contributed by atoms with Crippen molar-refractivity contribution in [2.75, 3.05) is 19.8 Å². The molecular formula is C11H19N3O5. The van der Waals surface area contributed by atoms with Crippen LogP contribution < -0.4 is 16.0 Å². The standard InChI is InChI=1S/C11H19N3O5/c1-3-12-8(15)7(2)13-10(18)14-11(9(16)17)4-5-19-6-11/h7H,3-6H2,1-2H3,(H,12,15)(H,16,17)(H2,13,14,18). The molecule has 0 aromatic carbocycles. The van der Waals surface area contributed by atoms with Gasteiger partial charge in [0.25, 0.3) is 0 Å². The highest BCUT2D eigenvalue weighted by Crippen LogP contribution is 2.18. The van der Waals surface area contributed by atoms with Gasteiger partial charge in [0.1, 0.15) is 6.04 Å². The average Bonchev–Trinajstić information content (AvgIpc) is 2.78. The lowest BCUT2D eigenvalue weighted by atomic mass is 9.99. The van der Waals surface area contributed by atoms with Crippen LogP contribution in [-0.2, 0) is 14.3 Å². The SMILES string of the molecule is CCNC(=O)C(C)NC(=O)NC1(C(=O)O)CCOC1. The molecule has 0 aliphatic carbocycles. The molecule has 3 amide bonds. The highest BCUT2D eigenvalue weighted by atomic mass is 16.5. The van der Waals surface area contributed by atoms with Gasteiger partial charge >= 0.3 is 12.0 Å². The van der Waals surface area contributed by atoms with Gasteiger partial charge in [0.2, 0.25) is 5.91 Å². The molecule has 1 heterocycles. The van der Waals surface area contributed by atoms with E-state index in [2.05, 4.69) is 16.0 Å². The second-order valence-electron chi connectivity index (χ2n) is 4.40. The van der Waals surface area contributed by atoms with Gasteiger partial charge in [-0.2, -0.15) is 0 Å². The fourth-order valence-electron chi connectivity index (χ4n) is 1.73. The maximum absolute atomic E-state index is 11.7. The summed E-state index contributed by atoms with van der Waals surface area (Å²) in [5.41, 5.74) is -1.41. The molecule has 8 nitrogen and oxygen atoms in total. The Kier molecular flexibility index (Phi) is 5.11. The van der Waals surface area contributed by atoms with Gasteiger partial charge in [0.05, 0.1) is 6.61 Å². The molecule has 19 heavy (non-hydrogen) atoms. The van der Waals surface area contributed by atoms with Crippen LogP contribution in [0.2, 0.25) is 0 Å². The molecule has 0 aromatic rings. The van der Waals surface area contributed by atoms with Crippen LogP contribution in [-0.4, -0.2) is 54.4 Å². The first kappa shape index (κ1) is 15.2. The lowest BCUT2D eigenvalue weighted by Gasteiger charge is -2.24. The summed E-state index contributed by atoms with van der Waals surface area (Å²) in [6, 6.07) is -1.44. The highest BCUT2D eigenvalue weighted by Gasteiger charge is 2.44. The van der Waals surface area contributed by atoms with Gasteiger partial charge < -0.3 is 25.8 Å². The molecule has 108 valence electrons. The number of carbonyl (C=O) groups excluding carboxylic acids is 2. The van der Waals surface area contributed by atoms with Crippen molar-refractivity contribution in [3.63, 3.8) is 0 Å². The summed E-state index contributed by atoms with van der Waals surface area (Å²) in [5, 5.41) is 16.4. The van der Waals surface area contributed by atoms with E-state index in [0.29, 0.717) is 6.54 Å². The molecule has 1 aliphatic heterocycles. The first-order valence-corrected chi connectivity index (χ1v) is 6.09. The molecule has 0 saturated carbocycles. The van der Waals surface area contributed by atoms with E-state index in [1.54, 1.807) is 6.92 Å². The summed E-state index contributed by atoms with van der Waals surface area (Å²) in [4.78, 5) is 34.3. The summed E-state index contributed by atoms with van der Waals surface area (Å²) in [6.45, 7) is 3.94. The average molecular weight is 273 g/mol. The van der Waals surface area contributed by atoms with Crippen LogP contribution in [0.15, 0.2) is 0 Å². The van der Waals surface area contributed by atoms with Crippen molar-refractivity contribution in [1.82, 2.24) is 16.0 Å². The van der Waals surface area contributed by atoms with E-state index in [9.17, 15) is 14.4 Å². The maximum atomic E-state index is 11.7. The van der Waals surface area contributed by atoms with Crippen molar-refractivity contribution in [2.24, 2.45) is 0 Å². The molecule has 2 unspecified atom stereocenters. The van der Waals surface area contributed by atoms with Crippen LogP contribution in [0.3, 0.4) is 0 Å². The molecule has 1 saturated heterocycles. The Hall–Kier alpha value is -1.83. The van der Waals surface area contributed by atoms with Crippen LogP contribution in [0.1, 0.15) is 20.3 Å². The molecule has 0 spiro atoms. The Morgan fingerprint density at radius 2 is 2.11 bits per heavy atom. The quantitative estimate of drug-likeness (QED) is 0.515. The lowest BCUT2D eigenvalue weighted by Crippen LogP contribution is -2.59. The highest BCUT2D eigenvalue weighted by molar-refractivity contribution is 5.90. The zero-order valence-electron chi connectivity index (χ0n) is 11.0. The van der Waals surface area contributed by atoms with E-state index in [-0.39, 0.29) is 25.5 Å². The van der Waals surface area contributed by atoms with Crippen LogP contribution in [0, 0.1) is 0 Å². The molecule has 1 rings (SSSR count). The number of rotatable bonds is 5. The fourth-order valence-corrected chi connectivity index (χ4v) is 1.73. The number of hydrogen-bond acceptors (Lipinski definition) is 4. The van der Waals surface area contributed by atoms with E-state index in [0.717, 1.165) is 0 Å². The fraction of sp³-hybridized carbons (Fsp3) is 0.727. The first-order chi connectivity index (χ1) is 8.91. The largest absolute Gasteiger partial charge is 0.479 e. The number of hydrogen-bond donors (Lipinski definition) is 4. The second-order valence-corrected chi connectivity index (χ2v) is 4.40. The number of ether oxygens (including phenoxy) is 1. The zero-order valence-corrected chi connectivity index (χ0v) is 11.0. The van der Waals surface area contributed by atoms with Crippen molar-refractivity contribution in [3.05, 3.63) is 0 Å². The third-order valence-electron chi connectivity index (χ3n) is 2.88. The Morgan fingerprint density at radius 3 is 2.58 bits per heavy atom. The van der Waals surface area contributed by atoms with Crippen LogP contribution in [0.4, 0.5) is 4.79 Å². The number of nitrogens with one attached hydrogen (secondary N) is 3. The minimum atomic E-state index is -1.41. The van der Waals surface area contributed by atoms with Crippen molar-refractivity contribution in [2.45, 2.75) is 31.8 Å². The Bertz CT molecular complexity index is 365. The van der Waals surface area contributed by atoms with Crippen molar-refractivity contribution >= 4 is 17.9 Å². The number of aliphatic carboxylic acids is 1. The van der Waals surface area contributed by atoms with Gasteiger partial charge in [0.15, 0.2) is 5.54 Å². The molecule has 1 aliphatic rings. The van der Waals surface area contributed by atoms with Crippen LogP contribution in [0.5, 0.6) is 0 Å². The normalized spacial score (nSPS) is 23.5. The monoisotopic (exact) mass is 273 g/mol. The van der Waals surface area contributed by atoms with Crippen LogP contribution in [0.25, 0.3) is 0 Å². The predicted octanol–water partition coefficient (Wildman–Crippen LogP) is -0.946. The first-order valence-electron chi connectivity index (χ1n) is 6.09. The lowest BCUT2D eigenvalue weighted by molar-refractivity contribution is -0.144. The molecule has 2 atom stereocenters. The third-order valence-corrected chi connectivity index (χ3v) is 2.88. The smallest absolute Gasteiger partial charge is 0.332 e. The number of carbonyl (C=O) groups is 3. The number of amides is 3. The second kappa shape index (κ2) is 6.37. The number of likely N-dealkylation sites (N-methyl/N-ethyl adjacent to an activating group) is 1. The molecule has 0 radical (unpaired) electrons. The number of carboxylic acid groups (broad SMARTS) is 1. The third kappa shape index (κ3) is 3.82. The molecule has 0 bridgehead atoms. The minimum absolute atomic E-state index is 0.0781. The number of carboxylic acids is 1. The predicted molar refractivity (Wildman–Crippen MR) is 65.6 cm³/mol. The molecular weight excluding hydrogens is 254 g/mol. The van der Waals surface area contributed by atoms with E-state index in [1.165, 1.54) is 6.92 Å². The van der Waals surface area contributed by atoms with Gasteiger partial charge in [0, 0.05) is 19.6 Å².